The molecule has 50 heavy (non-hydrogen) atoms. The van der Waals surface area contributed by atoms with Gasteiger partial charge in [0, 0.05) is 6.54 Å². The first-order valence-corrected chi connectivity index (χ1v) is 21.3. The third-order valence-electron chi connectivity index (χ3n) is 8.42. The average Bonchev–Trinajstić information content (AvgIpc) is 3.09. The summed E-state index contributed by atoms with van der Waals surface area (Å²) in [6, 6.07) is -1.01. The number of amides is 1. The fraction of sp³-hybridized carbons (Fsp3) is 0.775. The van der Waals surface area contributed by atoms with Crippen molar-refractivity contribution < 1.29 is 33.5 Å². The standard InChI is InChI=1S/C40H75N2O7P/c1-3-5-7-9-11-13-15-16-17-18-19-20-21-22-23-25-27-29-31-37(43)35-40(45)42-38(36-49-50(46,47)48-34-33-41)39(44)32-30-28-26-24-14-12-10-8-6-4-2/h6,8,14,19-20,24,30,32,37-39,43-44H,3-5,7,9-13,15-18,21-23,25-29,31,33-36,41H2,1-2H3,(H,42,45)(H,46,47)/b8-6+,20-19-,24-14+,32-30+. The second-order valence-electron chi connectivity index (χ2n) is 13.3. The van der Waals surface area contributed by atoms with Gasteiger partial charge in [-0.15, -0.1) is 0 Å². The fourth-order valence-electron chi connectivity index (χ4n) is 5.44. The number of carbonyl (C=O) groups excluding carboxylic acids is 1. The van der Waals surface area contributed by atoms with Gasteiger partial charge in [0.2, 0.25) is 5.91 Å². The number of nitrogens with two attached hydrogens (primary N) is 1. The highest BCUT2D eigenvalue weighted by Crippen LogP contribution is 2.43. The number of phosphoric ester groups is 1. The van der Waals surface area contributed by atoms with Gasteiger partial charge >= 0.3 is 7.82 Å². The molecule has 0 radical (unpaired) electrons. The lowest BCUT2D eigenvalue weighted by Crippen LogP contribution is -2.46. The van der Waals surface area contributed by atoms with Gasteiger partial charge in [0.05, 0.1) is 37.9 Å². The smallest absolute Gasteiger partial charge is 0.393 e. The van der Waals surface area contributed by atoms with Crippen LogP contribution in [0.3, 0.4) is 0 Å². The molecule has 0 bridgehead atoms. The van der Waals surface area contributed by atoms with Crippen molar-refractivity contribution in [1.29, 1.82) is 0 Å². The molecule has 4 unspecified atom stereocenters. The molecule has 10 heteroatoms. The molecule has 0 spiro atoms. The molecule has 0 fully saturated rings. The lowest BCUT2D eigenvalue weighted by Gasteiger charge is -2.24. The van der Waals surface area contributed by atoms with Crippen LogP contribution in [0.2, 0.25) is 0 Å². The van der Waals surface area contributed by atoms with E-state index >= 15 is 0 Å². The van der Waals surface area contributed by atoms with Gasteiger partial charge in [0.15, 0.2) is 0 Å². The van der Waals surface area contributed by atoms with E-state index in [0.29, 0.717) is 12.8 Å². The molecule has 1 amide bonds. The Morgan fingerprint density at radius 1 is 0.700 bits per heavy atom. The Kier molecular flexibility index (Phi) is 34.7. The van der Waals surface area contributed by atoms with Crippen molar-refractivity contribution in [1.82, 2.24) is 5.32 Å². The summed E-state index contributed by atoms with van der Waals surface area (Å²) >= 11 is 0. The zero-order valence-corrected chi connectivity index (χ0v) is 32.6. The minimum absolute atomic E-state index is 0.0397. The van der Waals surface area contributed by atoms with Crippen LogP contribution in [0.1, 0.15) is 162 Å². The molecule has 0 aromatic carbocycles. The highest BCUT2D eigenvalue weighted by atomic mass is 31.2. The highest BCUT2D eigenvalue weighted by molar-refractivity contribution is 7.47. The Bertz CT molecular complexity index is 941. The van der Waals surface area contributed by atoms with Gasteiger partial charge < -0.3 is 26.2 Å². The van der Waals surface area contributed by atoms with Crippen LogP contribution in [0.25, 0.3) is 0 Å². The van der Waals surface area contributed by atoms with Crippen molar-refractivity contribution in [2.45, 2.75) is 180 Å². The summed E-state index contributed by atoms with van der Waals surface area (Å²) < 4.78 is 21.9. The largest absolute Gasteiger partial charge is 0.472 e. The van der Waals surface area contributed by atoms with Crippen LogP contribution in [-0.2, 0) is 18.4 Å². The number of unbranched alkanes of at least 4 members (excludes halogenated alkanes) is 16. The topological polar surface area (TPSA) is 151 Å². The van der Waals surface area contributed by atoms with Gasteiger partial charge in [0.25, 0.3) is 0 Å². The number of hydrogen-bond donors (Lipinski definition) is 5. The summed E-state index contributed by atoms with van der Waals surface area (Å²) in [4.78, 5) is 22.6. The zero-order valence-electron chi connectivity index (χ0n) is 31.7. The summed E-state index contributed by atoms with van der Waals surface area (Å²) in [5, 5.41) is 23.9. The molecular weight excluding hydrogens is 651 g/mol. The van der Waals surface area contributed by atoms with Crippen molar-refractivity contribution in [3.8, 4) is 0 Å². The van der Waals surface area contributed by atoms with E-state index in [0.717, 1.165) is 57.8 Å². The number of hydrogen-bond acceptors (Lipinski definition) is 7. The summed E-state index contributed by atoms with van der Waals surface area (Å²) in [5.41, 5.74) is 5.34. The maximum atomic E-state index is 12.7. The van der Waals surface area contributed by atoms with Crippen LogP contribution in [0, 0.1) is 0 Å². The predicted molar refractivity (Wildman–Crippen MR) is 209 cm³/mol. The number of carbonyl (C=O) groups is 1. The molecule has 0 aromatic heterocycles. The van der Waals surface area contributed by atoms with Crippen LogP contribution < -0.4 is 11.1 Å². The normalized spacial score (nSPS) is 15.4. The van der Waals surface area contributed by atoms with Crippen molar-refractivity contribution in [3.05, 3.63) is 48.6 Å². The molecule has 4 atom stereocenters. The molecule has 9 nitrogen and oxygen atoms in total. The third-order valence-corrected chi connectivity index (χ3v) is 9.40. The molecule has 0 aliphatic carbocycles. The van der Waals surface area contributed by atoms with E-state index < -0.39 is 38.6 Å². The number of phosphoric acid groups is 1. The third kappa shape index (κ3) is 33.6. The highest BCUT2D eigenvalue weighted by Gasteiger charge is 2.27. The van der Waals surface area contributed by atoms with Crippen LogP contribution in [0.4, 0.5) is 0 Å². The Hall–Kier alpha value is -1.58. The van der Waals surface area contributed by atoms with E-state index in [1.54, 1.807) is 12.2 Å². The number of aliphatic hydroxyl groups excluding tert-OH is 2. The van der Waals surface area contributed by atoms with Crippen molar-refractivity contribution >= 4 is 13.7 Å². The minimum Gasteiger partial charge on any atom is -0.393 e. The number of nitrogens with one attached hydrogen (secondary N) is 1. The summed E-state index contributed by atoms with van der Waals surface area (Å²) in [6.45, 7) is 3.79. The van der Waals surface area contributed by atoms with Crippen LogP contribution in [0.5, 0.6) is 0 Å². The second kappa shape index (κ2) is 35.8. The maximum Gasteiger partial charge on any atom is 0.472 e. The number of allylic oxidation sites excluding steroid dienone is 7. The summed E-state index contributed by atoms with van der Waals surface area (Å²) in [5.74, 6) is -0.469. The monoisotopic (exact) mass is 727 g/mol. The quantitative estimate of drug-likeness (QED) is 0.0243. The Morgan fingerprint density at radius 3 is 1.76 bits per heavy atom. The van der Waals surface area contributed by atoms with Gasteiger partial charge in [-0.2, -0.15) is 0 Å². The summed E-state index contributed by atoms with van der Waals surface area (Å²) in [6.07, 6.45) is 39.3. The number of rotatable bonds is 36. The first kappa shape index (κ1) is 48.4. The second-order valence-corrected chi connectivity index (χ2v) is 14.7. The van der Waals surface area contributed by atoms with Crippen molar-refractivity contribution in [3.63, 3.8) is 0 Å². The van der Waals surface area contributed by atoms with E-state index in [-0.39, 0.29) is 19.6 Å². The minimum atomic E-state index is -4.40. The molecule has 292 valence electrons. The average molecular weight is 727 g/mol. The van der Waals surface area contributed by atoms with E-state index in [1.807, 2.05) is 0 Å². The lowest BCUT2D eigenvalue weighted by atomic mass is 10.0. The SMILES string of the molecule is CC/C=C/CC/C=C/CC/C=C/C(O)C(COP(=O)(O)OCCN)NC(=O)CC(O)CCCCCCC/C=C\CCCCCCCCCCC. The fourth-order valence-corrected chi connectivity index (χ4v) is 6.20. The van der Waals surface area contributed by atoms with Crippen molar-refractivity contribution in [2.24, 2.45) is 5.73 Å². The van der Waals surface area contributed by atoms with Crippen molar-refractivity contribution in [2.75, 3.05) is 19.8 Å². The van der Waals surface area contributed by atoms with Gasteiger partial charge in [-0.25, -0.2) is 4.57 Å². The molecule has 0 rings (SSSR count). The van der Waals surface area contributed by atoms with E-state index in [4.69, 9.17) is 14.8 Å². The van der Waals surface area contributed by atoms with E-state index in [2.05, 4.69) is 55.6 Å². The van der Waals surface area contributed by atoms with Crippen LogP contribution in [-0.4, -0.2) is 59.0 Å². The maximum absolute atomic E-state index is 12.7. The number of aliphatic hydroxyl groups is 2. The van der Waals surface area contributed by atoms with Crippen LogP contribution >= 0.6 is 7.82 Å². The Labute approximate surface area is 305 Å². The van der Waals surface area contributed by atoms with Gasteiger partial charge in [0.1, 0.15) is 0 Å². The predicted octanol–water partition coefficient (Wildman–Crippen LogP) is 9.52. The zero-order chi connectivity index (χ0) is 37.0. The molecule has 0 heterocycles. The molecule has 6 N–H and O–H groups in total. The van der Waals surface area contributed by atoms with Crippen LogP contribution in [0.15, 0.2) is 48.6 Å². The Balaban J connectivity index is 4.34. The summed E-state index contributed by atoms with van der Waals surface area (Å²) in [7, 11) is -4.40. The van der Waals surface area contributed by atoms with Gasteiger partial charge in [-0.05, 0) is 64.2 Å². The lowest BCUT2D eigenvalue weighted by molar-refractivity contribution is -0.124. The molecule has 0 aromatic rings. The molecule has 0 aliphatic heterocycles. The molecular formula is C40H75N2O7P. The molecule has 0 saturated carbocycles. The first-order valence-electron chi connectivity index (χ1n) is 19.8. The Morgan fingerprint density at radius 2 is 1.20 bits per heavy atom. The van der Waals surface area contributed by atoms with Gasteiger partial charge in [-0.3, -0.25) is 13.8 Å². The first-order chi connectivity index (χ1) is 24.3. The van der Waals surface area contributed by atoms with Gasteiger partial charge in [-0.1, -0.05) is 140 Å². The van der Waals surface area contributed by atoms with E-state index in [9.17, 15) is 24.5 Å². The molecule has 0 saturated heterocycles. The molecule has 0 aliphatic rings. The van der Waals surface area contributed by atoms with E-state index in [1.165, 1.54) is 70.6 Å².